The lowest BCUT2D eigenvalue weighted by molar-refractivity contribution is -0.135. The molecule has 0 spiro atoms. The van der Waals surface area contributed by atoms with Gasteiger partial charge in [0.2, 0.25) is 5.91 Å². The van der Waals surface area contributed by atoms with Gasteiger partial charge in [0.1, 0.15) is 0 Å². The van der Waals surface area contributed by atoms with Crippen LogP contribution in [0.15, 0.2) is 0 Å². The van der Waals surface area contributed by atoms with Crippen LogP contribution >= 0.6 is 0 Å². The van der Waals surface area contributed by atoms with Gasteiger partial charge in [0.15, 0.2) is 9.84 Å². The highest BCUT2D eigenvalue weighted by Crippen LogP contribution is 2.19. The molecule has 1 saturated heterocycles. The monoisotopic (exact) mass is 247 g/mol. The Bertz CT molecular complexity index is 350. The van der Waals surface area contributed by atoms with Crippen molar-refractivity contribution in [2.24, 2.45) is 5.92 Å². The summed E-state index contributed by atoms with van der Waals surface area (Å²) in [6.07, 6.45) is 2.43. The van der Waals surface area contributed by atoms with Crippen LogP contribution in [0.2, 0.25) is 0 Å². The van der Waals surface area contributed by atoms with Gasteiger partial charge in [0, 0.05) is 19.0 Å². The lowest BCUT2D eigenvalue weighted by Gasteiger charge is -2.26. The van der Waals surface area contributed by atoms with Crippen molar-refractivity contribution in [2.45, 2.75) is 39.2 Å². The van der Waals surface area contributed by atoms with Crippen LogP contribution in [0.25, 0.3) is 0 Å². The van der Waals surface area contributed by atoms with Crippen LogP contribution in [0.3, 0.4) is 0 Å². The lowest BCUT2D eigenvalue weighted by Crippen LogP contribution is -2.40. The Morgan fingerprint density at radius 1 is 1.50 bits per heavy atom. The van der Waals surface area contributed by atoms with Gasteiger partial charge in [0.05, 0.1) is 11.5 Å². The van der Waals surface area contributed by atoms with Gasteiger partial charge in [-0.1, -0.05) is 20.3 Å². The smallest absolute Gasteiger partial charge is 0.225 e. The van der Waals surface area contributed by atoms with E-state index < -0.39 is 9.84 Å². The van der Waals surface area contributed by atoms with Crippen molar-refractivity contribution < 1.29 is 13.2 Å². The maximum Gasteiger partial charge on any atom is 0.225 e. The summed E-state index contributed by atoms with van der Waals surface area (Å²) in [5.74, 6) is 0.424. The first-order valence-corrected chi connectivity index (χ1v) is 7.66. The molecule has 16 heavy (non-hydrogen) atoms. The molecule has 1 aliphatic heterocycles. The Morgan fingerprint density at radius 3 is 2.56 bits per heavy atom. The van der Waals surface area contributed by atoms with E-state index in [-0.39, 0.29) is 29.4 Å². The van der Waals surface area contributed by atoms with Crippen LogP contribution in [0.4, 0.5) is 0 Å². The molecule has 0 aromatic carbocycles. The number of carbonyl (C=O) groups excluding carboxylic acids is 1. The molecule has 1 fully saturated rings. The third kappa shape index (κ3) is 3.20. The largest absolute Gasteiger partial charge is 0.341 e. The topological polar surface area (TPSA) is 54.5 Å². The zero-order valence-electron chi connectivity index (χ0n) is 10.3. The predicted molar refractivity (Wildman–Crippen MR) is 63.9 cm³/mol. The number of nitrogens with zero attached hydrogens (tertiary/aromatic N) is 1. The number of sulfone groups is 1. The zero-order valence-corrected chi connectivity index (χ0v) is 11.1. The minimum absolute atomic E-state index is 0.00157. The van der Waals surface area contributed by atoms with Crippen LogP contribution in [0, 0.1) is 5.92 Å². The van der Waals surface area contributed by atoms with E-state index in [0.29, 0.717) is 6.42 Å². The molecule has 94 valence electrons. The summed E-state index contributed by atoms with van der Waals surface area (Å²) >= 11 is 0. The van der Waals surface area contributed by atoms with E-state index in [4.69, 9.17) is 0 Å². The molecular weight excluding hydrogens is 226 g/mol. The summed E-state index contributed by atoms with van der Waals surface area (Å²) in [7, 11) is -1.18. The minimum Gasteiger partial charge on any atom is -0.341 e. The SMILES string of the molecule is CCCC(C)C(=O)N(C)C1CCS(=O)(=O)C1. The Hall–Kier alpha value is -0.580. The number of hydrogen-bond acceptors (Lipinski definition) is 3. The van der Waals surface area contributed by atoms with Crippen molar-refractivity contribution in [3.63, 3.8) is 0 Å². The van der Waals surface area contributed by atoms with Crippen LogP contribution in [0.5, 0.6) is 0 Å². The van der Waals surface area contributed by atoms with Crippen molar-refractivity contribution >= 4 is 15.7 Å². The first-order valence-electron chi connectivity index (χ1n) is 5.84. The summed E-state index contributed by atoms with van der Waals surface area (Å²) in [5.41, 5.74) is 0. The quantitative estimate of drug-likeness (QED) is 0.746. The van der Waals surface area contributed by atoms with E-state index in [1.807, 2.05) is 13.8 Å². The molecule has 1 heterocycles. The minimum atomic E-state index is -2.91. The summed E-state index contributed by atoms with van der Waals surface area (Å²) in [5, 5.41) is 0. The van der Waals surface area contributed by atoms with Crippen molar-refractivity contribution in [2.75, 3.05) is 18.6 Å². The zero-order chi connectivity index (χ0) is 12.3. The Balaban J connectivity index is 2.58. The van der Waals surface area contributed by atoms with E-state index >= 15 is 0 Å². The molecule has 2 atom stereocenters. The second-order valence-corrected chi connectivity index (χ2v) is 6.92. The van der Waals surface area contributed by atoms with Crippen LogP contribution < -0.4 is 0 Å². The molecule has 0 radical (unpaired) electrons. The Kier molecular flexibility index (Phi) is 4.35. The van der Waals surface area contributed by atoms with Crippen molar-refractivity contribution in [1.82, 2.24) is 4.90 Å². The van der Waals surface area contributed by atoms with E-state index in [1.54, 1.807) is 11.9 Å². The number of rotatable bonds is 4. The van der Waals surface area contributed by atoms with Gasteiger partial charge in [-0.05, 0) is 12.8 Å². The van der Waals surface area contributed by atoms with Crippen LogP contribution in [-0.4, -0.2) is 43.8 Å². The first-order chi connectivity index (χ1) is 7.37. The third-order valence-electron chi connectivity index (χ3n) is 3.25. The van der Waals surface area contributed by atoms with Crippen molar-refractivity contribution in [3.05, 3.63) is 0 Å². The van der Waals surface area contributed by atoms with E-state index in [2.05, 4.69) is 0 Å². The molecule has 0 aliphatic carbocycles. The van der Waals surface area contributed by atoms with Crippen molar-refractivity contribution in [1.29, 1.82) is 0 Å². The molecule has 0 bridgehead atoms. The van der Waals surface area contributed by atoms with Gasteiger partial charge in [-0.25, -0.2) is 8.42 Å². The summed E-state index contributed by atoms with van der Waals surface area (Å²) < 4.78 is 22.7. The van der Waals surface area contributed by atoms with Gasteiger partial charge in [-0.15, -0.1) is 0 Å². The average molecular weight is 247 g/mol. The van der Waals surface area contributed by atoms with Gasteiger partial charge in [-0.3, -0.25) is 4.79 Å². The second kappa shape index (κ2) is 5.17. The number of amides is 1. The summed E-state index contributed by atoms with van der Waals surface area (Å²) in [6.45, 7) is 3.95. The number of hydrogen-bond donors (Lipinski definition) is 0. The fourth-order valence-electron chi connectivity index (χ4n) is 2.16. The van der Waals surface area contributed by atoms with Gasteiger partial charge in [-0.2, -0.15) is 0 Å². The molecule has 2 unspecified atom stereocenters. The van der Waals surface area contributed by atoms with E-state index in [0.717, 1.165) is 12.8 Å². The van der Waals surface area contributed by atoms with E-state index in [1.165, 1.54) is 0 Å². The highest BCUT2D eigenvalue weighted by Gasteiger charge is 2.33. The lowest BCUT2D eigenvalue weighted by atomic mass is 10.0. The molecule has 5 heteroatoms. The highest BCUT2D eigenvalue weighted by molar-refractivity contribution is 7.91. The average Bonchev–Trinajstić information content (AvgIpc) is 2.57. The molecule has 0 saturated carbocycles. The number of carbonyl (C=O) groups is 1. The molecule has 0 aromatic heterocycles. The maximum absolute atomic E-state index is 12.0. The third-order valence-corrected chi connectivity index (χ3v) is 5.00. The summed E-state index contributed by atoms with van der Waals surface area (Å²) in [6, 6.07) is -0.114. The Labute approximate surface area is 97.9 Å². The molecule has 4 nitrogen and oxygen atoms in total. The second-order valence-electron chi connectivity index (χ2n) is 4.70. The molecule has 0 aromatic rings. The fraction of sp³-hybridized carbons (Fsp3) is 0.909. The molecular formula is C11H21NO3S. The van der Waals surface area contributed by atoms with Crippen molar-refractivity contribution in [3.8, 4) is 0 Å². The molecule has 0 N–H and O–H groups in total. The predicted octanol–water partition coefficient (Wildman–Crippen LogP) is 1.07. The fourth-order valence-corrected chi connectivity index (χ4v) is 3.94. The molecule has 1 amide bonds. The Morgan fingerprint density at radius 2 is 2.12 bits per heavy atom. The van der Waals surface area contributed by atoms with Crippen LogP contribution in [0.1, 0.15) is 33.1 Å². The van der Waals surface area contributed by atoms with Gasteiger partial charge in [0.25, 0.3) is 0 Å². The normalized spacial score (nSPS) is 25.3. The van der Waals surface area contributed by atoms with Gasteiger partial charge >= 0.3 is 0 Å². The van der Waals surface area contributed by atoms with Crippen LogP contribution in [-0.2, 0) is 14.6 Å². The summed E-state index contributed by atoms with van der Waals surface area (Å²) in [4.78, 5) is 13.6. The van der Waals surface area contributed by atoms with Gasteiger partial charge < -0.3 is 4.90 Å². The maximum atomic E-state index is 12.0. The molecule has 1 rings (SSSR count). The molecule has 1 aliphatic rings. The van der Waals surface area contributed by atoms with E-state index in [9.17, 15) is 13.2 Å². The standard InChI is InChI=1S/C11H21NO3S/c1-4-5-9(2)11(13)12(3)10-6-7-16(14,15)8-10/h9-10H,4-8H2,1-3H3. The first kappa shape index (κ1) is 13.5. The highest BCUT2D eigenvalue weighted by atomic mass is 32.2.